The van der Waals surface area contributed by atoms with Gasteiger partial charge in [-0.05, 0) is 74.3 Å². The SMILES string of the molecule is C/C(CCc1ccnc(N)c1)=C(/CO)C[C@@]12O[C@]1(C(=O)O[C@H](CCCO)[C@H](O)CCc1ccccc1)C(=O)c1ccccc1C2=O. The smallest absolute Gasteiger partial charge is 0.350 e. The van der Waals surface area contributed by atoms with Crippen LogP contribution >= 0.6 is 0 Å². The maximum absolute atomic E-state index is 14.1. The van der Waals surface area contributed by atoms with Crippen LogP contribution in [0.15, 0.2) is 84.1 Å². The first-order valence-corrected chi connectivity index (χ1v) is 15.6. The van der Waals surface area contributed by atoms with E-state index in [-0.39, 0.29) is 43.4 Å². The number of hydrogen-bond donors (Lipinski definition) is 4. The number of allylic oxidation sites excluding steroid dienone is 1. The van der Waals surface area contributed by atoms with E-state index in [1.807, 2.05) is 43.3 Å². The highest BCUT2D eigenvalue weighted by Gasteiger charge is 2.85. The lowest BCUT2D eigenvalue weighted by atomic mass is 9.71. The van der Waals surface area contributed by atoms with E-state index in [0.717, 1.165) is 16.7 Å². The maximum atomic E-state index is 14.1. The molecule has 2 aliphatic rings. The summed E-state index contributed by atoms with van der Waals surface area (Å²) >= 11 is 0. The third-order valence-electron chi connectivity index (χ3n) is 9.04. The molecule has 1 aromatic heterocycles. The van der Waals surface area contributed by atoms with Gasteiger partial charge in [0.05, 0.1) is 12.7 Å². The number of esters is 1. The summed E-state index contributed by atoms with van der Waals surface area (Å²) in [7, 11) is 0. The maximum Gasteiger partial charge on any atom is 0.350 e. The molecule has 0 bridgehead atoms. The molecule has 10 heteroatoms. The van der Waals surface area contributed by atoms with Crippen LogP contribution in [0.25, 0.3) is 0 Å². The highest BCUT2D eigenvalue weighted by Crippen LogP contribution is 2.59. The van der Waals surface area contributed by atoms with E-state index in [0.29, 0.717) is 30.7 Å². The molecule has 2 heterocycles. The number of epoxide rings is 1. The summed E-state index contributed by atoms with van der Waals surface area (Å²) < 4.78 is 11.9. The lowest BCUT2D eigenvalue weighted by molar-refractivity contribution is -0.160. The fourth-order valence-corrected chi connectivity index (χ4v) is 6.29. The van der Waals surface area contributed by atoms with Crippen molar-refractivity contribution in [3.63, 3.8) is 0 Å². The zero-order valence-corrected chi connectivity index (χ0v) is 25.9. The van der Waals surface area contributed by atoms with Gasteiger partial charge in [-0.1, -0.05) is 60.2 Å². The minimum atomic E-state index is -2.27. The molecule has 0 amide bonds. The molecule has 242 valence electrons. The van der Waals surface area contributed by atoms with Crippen molar-refractivity contribution >= 4 is 23.4 Å². The van der Waals surface area contributed by atoms with E-state index in [1.165, 1.54) is 12.1 Å². The van der Waals surface area contributed by atoms with Crippen LogP contribution in [0.3, 0.4) is 0 Å². The Bertz CT molecular complexity index is 1620. The normalized spacial score (nSPS) is 21.9. The molecule has 0 spiro atoms. The molecule has 10 nitrogen and oxygen atoms in total. The predicted octanol–water partition coefficient (Wildman–Crippen LogP) is 3.56. The van der Waals surface area contributed by atoms with Crippen molar-refractivity contribution < 1.29 is 39.2 Å². The number of nitrogens with two attached hydrogens (primary N) is 1. The van der Waals surface area contributed by atoms with E-state index in [4.69, 9.17) is 15.2 Å². The Morgan fingerprint density at radius 1 is 0.957 bits per heavy atom. The molecule has 1 aliphatic heterocycles. The number of carbonyl (C=O) groups excluding carboxylic acids is 3. The second-order valence-corrected chi connectivity index (χ2v) is 12.0. The average molecular weight is 629 g/mol. The van der Waals surface area contributed by atoms with Gasteiger partial charge in [0.2, 0.25) is 5.78 Å². The van der Waals surface area contributed by atoms with E-state index in [1.54, 1.807) is 24.4 Å². The van der Waals surface area contributed by atoms with Crippen LogP contribution in [-0.2, 0) is 27.1 Å². The van der Waals surface area contributed by atoms with Crippen molar-refractivity contribution in [2.24, 2.45) is 0 Å². The minimum absolute atomic E-state index is 0.0515. The second-order valence-electron chi connectivity index (χ2n) is 12.0. The predicted molar refractivity (Wildman–Crippen MR) is 170 cm³/mol. The van der Waals surface area contributed by atoms with Gasteiger partial charge in [0.15, 0.2) is 11.4 Å². The summed E-state index contributed by atoms with van der Waals surface area (Å²) in [5, 5.41) is 31.0. The zero-order valence-electron chi connectivity index (χ0n) is 25.9. The topological polar surface area (TPSA) is 173 Å². The minimum Gasteiger partial charge on any atom is -0.457 e. The Kier molecular flexibility index (Phi) is 10.1. The van der Waals surface area contributed by atoms with Gasteiger partial charge < -0.3 is 30.5 Å². The molecule has 1 saturated heterocycles. The van der Waals surface area contributed by atoms with Crippen LogP contribution in [0.4, 0.5) is 5.82 Å². The Hall–Kier alpha value is -4.22. The van der Waals surface area contributed by atoms with Crippen LogP contribution < -0.4 is 5.73 Å². The van der Waals surface area contributed by atoms with Gasteiger partial charge in [0, 0.05) is 30.4 Å². The fourth-order valence-electron chi connectivity index (χ4n) is 6.29. The standard InChI is InChI=1S/C36H40N2O8/c1-23(13-14-25-17-18-38-31(37)20-25)26(22-40)21-35-32(42)27-10-5-6-11-28(27)33(43)36(35,46-35)34(44)45-30(12-7-19-39)29(41)16-15-24-8-3-2-4-9-24/h2-6,8-11,17-18,20,29-30,39-41H,7,12-16,19,21-22H2,1H3,(H2,37,38)/b26-23-/t29-,30-,35+,36+/m1/s1. The molecule has 5 N–H and O–H groups in total. The Balaban J connectivity index is 1.43. The number of nitrogens with zero attached hydrogens (tertiary/aromatic N) is 1. The summed E-state index contributed by atoms with van der Waals surface area (Å²) in [6.07, 6.45) is 1.54. The fraction of sp³-hybridized carbons (Fsp3) is 0.389. The number of anilines is 1. The number of hydrogen-bond acceptors (Lipinski definition) is 10. The van der Waals surface area contributed by atoms with Crippen molar-refractivity contribution in [3.8, 4) is 0 Å². The van der Waals surface area contributed by atoms with Crippen molar-refractivity contribution in [1.29, 1.82) is 0 Å². The molecular formula is C36H40N2O8. The summed E-state index contributed by atoms with van der Waals surface area (Å²) in [5.41, 5.74) is 5.00. The number of rotatable bonds is 15. The first-order chi connectivity index (χ1) is 22.2. The number of nitrogen functional groups attached to an aromatic ring is 1. The van der Waals surface area contributed by atoms with Crippen molar-refractivity contribution in [2.75, 3.05) is 18.9 Å². The third kappa shape index (κ3) is 6.39. The number of benzene rings is 2. The summed E-state index contributed by atoms with van der Waals surface area (Å²) in [6, 6.07) is 19.4. The highest BCUT2D eigenvalue weighted by molar-refractivity contribution is 6.33. The van der Waals surface area contributed by atoms with E-state index in [2.05, 4.69) is 4.98 Å². The van der Waals surface area contributed by atoms with Crippen molar-refractivity contribution in [2.45, 2.75) is 75.3 Å². The molecule has 46 heavy (non-hydrogen) atoms. The molecule has 1 fully saturated rings. The molecular weight excluding hydrogens is 588 g/mol. The average Bonchev–Trinajstić information content (AvgIpc) is 3.78. The van der Waals surface area contributed by atoms with E-state index in [9.17, 15) is 29.7 Å². The van der Waals surface area contributed by atoms with Crippen molar-refractivity contribution in [3.05, 3.63) is 106 Å². The second kappa shape index (κ2) is 14.0. The van der Waals surface area contributed by atoms with Gasteiger partial charge >= 0.3 is 5.97 Å². The van der Waals surface area contributed by atoms with Gasteiger partial charge in [-0.25, -0.2) is 9.78 Å². The Labute approximate surface area is 267 Å². The van der Waals surface area contributed by atoms with Gasteiger partial charge in [-0.3, -0.25) is 9.59 Å². The van der Waals surface area contributed by atoms with E-state index < -0.39 is 47.6 Å². The van der Waals surface area contributed by atoms with Crippen LogP contribution in [0.5, 0.6) is 0 Å². The third-order valence-corrected chi connectivity index (χ3v) is 9.04. The van der Waals surface area contributed by atoms with Gasteiger partial charge in [-0.2, -0.15) is 0 Å². The number of fused-ring (bicyclic) bond motifs is 2. The largest absolute Gasteiger partial charge is 0.457 e. The van der Waals surface area contributed by atoms with Gasteiger partial charge in [-0.15, -0.1) is 0 Å². The van der Waals surface area contributed by atoms with Crippen LogP contribution in [-0.4, -0.2) is 74.5 Å². The summed E-state index contributed by atoms with van der Waals surface area (Å²) in [6.45, 7) is 1.22. The lowest BCUT2D eigenvalue weighted by Crippen LogP contribution is -2.52. The van der Waals surface area contributed by atoms with Gasteiger partial charge in [0.1, 0.15) is 11.9 Å². The quantitative estimate of drug-likeness (QED) is 0.0844. The summed E-state index contributed by atoms with van der Waals surface area (Å²) in [4.78, 5) is 46.2. The molecule has 0 radical (unpaired) electrons. The number of carbonyl (C=O) groups is 3. The Morgan fingerprint density at radius 3 is 2.33 bits per heavy atom. The molecule has 4 atom stereocenters. The molecule has 1 aliphatic carbocycles. The number of Topliss-reactive ketones (excluding diaryl/α,β-unsaturated/α-hetero) is 2. The van der Waals surface area contributed by atoms with Gasteiger partial charge in [0.25, 0.3) is 5.60 Å². The van der Waals surface area contributed by atoms with Crippen LogP contribution in [0.1, 0.15) is 70.9 Å². The first-order valence-electron chi connectivity index (χ1n) is 15.6. The lowest BCUT2D eigenvalue weighted by Gasteiger charge is -2.28. The summed E-state index contributed by atoms with van der Waals surface area (Å²) in [5.74, 6) is -1.92. The number of aryl methyl sites for hydroxylation is 2. The number of ether oxygens (including phenoxy) is 2. The molecule has 2 aromatic carbocycles. The van der Waals surface area contributed by atoms with Crippen LogP contribution in [0.2, 0.25) is 0 Å². The Morgan fingerprint density at radius 2 is 1.65 bits per heavy atom. The number of aromatic nitrogens is 1. The molecule has 0 unspecified atom stereocenters. The van der Waals surface area contributed by atoms with E-state index >= 15 is 0 Å². The number of ketones is 2. The first kappa shape index (κ1) is 33.2. The number of aliphatic hydroxyl groups is 3. The number of aliphatic hydroxyl groups excluding tert-OH is 3. The number of pyridine rings is 1. The van der Waals surface area contributed by atoms with Crippen LogP contribution in [0, 0.1) is 0 Å². The molecule has 3 aromatic rings. The monoisotopic (exact) mass is 628 g/mol. The van der Waals surface area contributed by atoms with Crippen molar-refractivity contribution in [1.82, 2.24) is 4.98 Å². The zero-order chi connectivity index (χ0) is 32.9. The highest BCUT2D eigenvalue weighted by atomic mass is 16.7. The molecule has 5 rings (SSSR count). The molecule has 0 saturated carbocycles.